The molecule has 134 valence electrons. The number of amides is 1. The van der Waals surface area contributed by atoms with E-state index in [2.05, 4.69) is 10.3 Å². The van der Waals surface area contributed by atoms with Gasteiger partial charge in [0, 0.05) is 10.7 Å². The minimum Gasteiger partial charge on any atom is -0.449 e. The molecule has 3 rings (SSSR count). The molecule has 6 nitrogen and oxygen atoms in total. The minimum absolute atomic E-state index is 0.302. The SMILES string of the molecule is CCC(OC(=O)c1ccc2ocnc2c1)C(=O)Nc1cc(Cl)ccc1C. The predicted octanol–water partition coefficient (Wildman–Crippen LogP) is 4.36. The maximum Gasteiger partial charge on any atom is 0.338 e. The van der Waals surface area contributed by atoms with E-state index in [1.165, 1.54) is 6.39 Å². The predicted molar refractivity (Wildman–Crippen MR) is 98.3 cm³/mol. The van der Waals surface area contributed by atoms with Gasteiger partial charge in [0.1, 0.15) is 5.52 Å². The van der Waals surface area contributed by atoms with Crippen LogP contribution in [0.3, 0.4) is 0 Å². The Labute approximate surface area is 155 Å². The Balaban J connectivity index is 1.72. The number of esters is 1. The Morgan fingerprint density at radius 2 is 2.08 bits per heavy atom. The van der Waals surface area contributed by atoms with Gasteiger partial charge in [0.25, 0.3) is 5.91 Å². The molecule has 7 heteroatoms. The van der Waals surface area contributed by atoms with Crippen LogP contribution in [-0.2, 0) is 9.53 Å². The highest BCUT2D eigenvalue weighted by Crippen LogP contribution is 2.21. The van der Waals surface area contributed by atoms with Gasteiger partial charge in [-0.25, -0.2) is 9.78 Å². The summed E-state index contributed by atoms with van der Waals surface area (Å²) in [5.74, 6) is -1.01. The number of nitrogens with one attached hydrogen (secondary N) is 1. The number of benzene rings is 2. The van der Waals surface area contributed by atoms with Gasteiger partial charge in [-0.05, 0) is 49.2 Å². The summed E-state index contributed by atoms with van der Waals surface area (Å²) in [6, 6.07) is 9.97. The van der Waals surface area contributed by atoms with E-state index in [0.717, 1.165) is 5.56 Å². The van der Waals surface area contributed by atoms with Crippen LogP contribution in [0.4, 0.5) is 5.69 Å². The lowest BCUT2D eigenvalue weighted by Gasteiger charge is -2.17. The summed E-state index contributed by atoms with van der Waals surface area (Å²) in [6.07, 6.45) is 0.715. The van der Waals surface area contributed by atoms with Gasteiger partial charge in [0.15, 0.2) is 18.1 Å². The lowest BCUT2D eigenvalue weighted by molar-refractivity contribution is -0.124. The summed E-state index contributed by atoms with van der Waals surface area (Å²) in [4.78, 5) is 28.9. The number of carbonyl (C=O) groups is 2. The lowest BCUT2D eigenvalue weighted by atomic mass is 10.1. The molecule has 0 bridgehead atoms. The fourth-order valence-corrected chi connectivity index (χ4v) is 2.62. The second-order valence-electron chi connectivity index (χ2n) is 5.79. The standard InChI is InChI=1S/C19H17ClN2O4/c1-3-16(18(23)22-14-9-13(20)6-4-11(14)2)26-19(24)12-5-7-17-15(8-12)21-10-25-17/h4-10,16H,3H2,1-2H3,(H,22,23). The van der Waals surface area contributed by atoms with E-state index in [0.29, 0.717) is 33.8 Å². The Hall–Kier alpha value is -2.86. The molecular weight excluding hydrogens is 356 g/mol. The number of hydrogen-bond acceptors (Lipinski definition) is 5. The van der Waals surface area contributed by atoms with Gasteiger partial charge in [-0.1, -0.05) is 24.6 Å². The number of nitrogens with zero attached hydrogens (tertiary/aromatic N) is 1. The zero-order valence-electron chi connectivity index (χ0n) is 14.3. The molecule has 26 heavy (non-hydrogen) atoms. The molecule has 1 unspecified atom stereocenters. The molecule has 0 radical (unpaired) electrons. The zero-order valence-corrected chi connectivity index (χ0v) is 15.0. The Kier molecular flexibility index (Phi) is 5.23. The first-order chi connectivity index (χ1) is 12.5. The highest BCUT2D eigenvalue weighted by Gasteiger charge is 2.23. The van der Waals surface area contributed by atoms with Crippen LogP contribution in [0.15, 0.2) is 47.2 Å². The van der Waals surface area contributed by atoms with Crippen molar-refractivity contribution >= 4 is 40.3 Å². The third-order valence-corrected chi connectivity index (χ3v) is 4.17. The minimum atomic E-state index is -0.922. The van der Waals surface area contributed by atoms with Crippen molar-refractivity contribution < 1.29 is 18.7 Å². The van der Waals surface area contributed by atoms with Gasteiger partial charge in [0.2, 0.25) is 0 Å². The first kappa shape index (κ1) is 17.9. The van der Waals surface area contributed by atoms with E-state index in [9.17, 15) is 9.59 Å². The van der Waals surface area contributed by atoms with Crippen molar-refractivity contribution in [1.82, 2.24) is 4.98 Å². The number of aryl methyl sites for hydroxylation is 1. The summed E-state index contributed by atoms with van der Waals surface area (Å²) in [5.41, 5.74) is 2.87. The summed E-state index contributed by atoms with van der Waals surface area (Å²) >= 11 is 5.97. The van der Waals surface area contributed by atoms with Gasteiger partial charge >= 0.3 is 5.97 Å². The first-order valence-electron chi connectivity index (χ1n) is 8.09. The molecule has 0 fully saturated rings. The molecule has 1 atom stereocenters. The molecule has 3 aromatic rings. The van der Waals surface area contributed by atoms with E-state index < -0.39 is 18.0 Å². The topological polar surface area (TPSA) is 81.4 Å². The first-order valence-corrected chi connectivity index (χ1v) is 8.47. The number of fused-ring (bicyclic) bond motifs is 1. The summed E-state index contributed by atoms with van der Waals surface area (Å²) in [6.45, 7) is 3.62. The van der Waals surface area contributed by atoms with Crippen LogP contribution in [0.1, 0.15) is 29.3 Å². The summed E-state index contributed by atoms with van der Waals surface area (Å²) in [5, 5.41) is 3.27. The number of rotatable bonds is 5. The normalized spacial score (nSPS) is 12.0. The molecule has 0 aliphatic carbocycles. The van der Waals surface area contributed by atoms with Crippen LogP contribution in [-0.4, -0.2) is 23.0 Å². The average molecular weight is 373 g/mol. The molecule has 1 N–H and O–H groups in total. The third-order valence-electron chi connectivity index (χ3n) is 3.94. The second kappa shape index (κ2) is 7.58. The number of aromatic nitrogens is 1. The fourth-order valence-electron chi connectivity index (χ4n) is 2.45. The van der Waals surface area contributed by atoms with E-state index in [1.54, 1.807) is 43.3 Å². The van der Waals surface area contributed by atoms with Crippen molar-refractivity contribution in [3.8, 4) is 0 Å². The summed E-state index contributed by atoms with van der Waals surface area (Å²) in [7, 11) is 0. The quantitative estimate of drug-likeness (QED) is 0.673. The van der Waals surface area contributed by atoms with Crippen LogP contribution in [0, 0.1) is 6.92 Å². The van der Waals surface area contributed by atoms with Crippen molar-refractivity contribution in [3.05, 3.63) is 58.9 Å². The van der Waals surface area contributed by atoms with Crippen molar-refractivity contribution in [2.75, 3.05) is 5.32 Å². The molecule has 0 saturated carbocycles. The number of carbonyl (C=O) groups excluding carboxylic acids is 2. The highest BCUT2D eigenvalue weighted by molar-refractivity contribution is 6.31. The Morgan fingerprint density at radius 1 is 1.27 bits per heavy atom. The molecule has 0 spiro atoms. The molecule has 1 amide bonds. The molecule has 0 aliphatic rings. The average Bonchev–Trinajstić information content (AvgIpc) is 3.10. The molecule has 2 aromatic carbocycles. The summed E-state index contributed by atoms with van der Waals surface area (Å²) < 4.78 is 10.5. The fraction of sp³-hybridized carbons (Fsp3) is 0.211. The van der Waals surface area contributed by atoms with Gasteiger partial charge in [-0.3, -0.25) is 4.79 Å². The van der Waals surface area contributed by atoms with Crippen molar-refractivity contribution in [3.63, 3.8) is 0 Å². The van der Waals surface area contributed by atoms with Gasteiger partial charge in [-0.15, -0.1) is 0 Å². The molecule has 0 aliphatic heterocycles. The number of oxazole rings is 1. The van der Waals surface area contributed by atoms with Gasteiger partial charge in [0.05, 0.1) is 5.56 Å². The van der Waals surface area contributed by atoms with Crippen LogP contribution < -0.4 is 5.32 Å². The van der Waals surface area contributed by atoms with E-state index in [1.807, 2.05) is 6.92 Å². The lowest BCUT2D eigenvalue weighted by Crippen LogP contribution is -2.32. The van der Waals surface area contributed by atoms with E-state index in [-0.39, 0.29) is 0 Å². The number of anilines is 1. The molecule has 1 aromatic heterocycles. The molecular formula is C19H17ClN2O4. The van der Waals surface area contributed by atoms with Crippen molar-refractivity contribution in [2.45, 2.75) is 26.4 Å². The van der Waals surface area contributed by atoms with Gasteiger partial charge < -0.3 is 14.5 Å². The zero-order chi connectivity index (χ0) is 18.7. The molecule has 1 heterocycles. The smallest absolute Gasteiger partial charge is 0.338 e. The maximum atomic E-state index is 12.5. The number of ether oxygens (including phenoxy) is 1. The van der Waals surface area contributed by atoms with Crippen LogP contribution in [0.25, 0.3) is 11.1 Å². The maximum absolute atomic E-state index is 12.5. The van der Waals surface area contributed by atoms with Crippen molar-refractivity contribution in [2.24, 2.45) is 0 Å². The second-order valence-corrected chi connectivity index (χ2v) is 6.22. The largest absolute Gasteiger partial charge is 0.449 e. The Bertz CT molecular complexity index is 967. The number of halogens is 1. The monoisotopic (exact) mass is 372 g/mol. The van der Waals surface area contributed by atoms with Crippen LogP contribution in [0.5, 0.6) is 0 Å². The van der Waals surface area contributed by atoms with E-state index in [4.69, 9.17) is 20.8 Å². The Morgan fingerprint density at radius 3 is 2.85 bits per heavy atom. The third kappa shape index (κ3) is 3.86. The molecule has 0 saturated heterocycles. The van der Waals surface area contributed by atoms with Gasteiger partial charge in [-0.2, -0.15) is 0 Å². The van der Waals surface area contributed by atoms with E-state index >= 15 is 0 Å². The highest BCUT2D eigenvalue weighted by atomic mass is 35.5. The van der Waals surface area contributed by atoms with Crippen LogP contribution >= 0.6 is 11.6 Å². The van der Waals surface area contributed by atoms with Crippen LogP contribution in [0.2, 0.25) is 5.02 Å². The number of hydrogen-bond donors (Lipinski definition) is 1. The van der Waals surface area contributed by atoms with Crippen molar-refractivity contribution in [1.29, 1.82) is 0 Å².